The number of nitrogen functional groups attached to an aromatic ring is 1. The third kappa shape index (κ3) is 4.01. The molecule has 0 unspecified atom stereocenters. The van der Waals surface area contributed by atoms with Crippen molar-refractivity contribution in [2.75, 3.05) is 5.73 Å². The van der Waals surface area contributed by atoms with E-state index in [4.69, 9.17) is 17.3 Å². The van der Waals surface area contributed by atoms with Crippen LogP contribution in [0.4, 0.5) is 5.95 Å². The summed E-state index contributed by atoms with van der Waals surface area (Å²) in [6.07, 6.45) is 6.30. The first kappa shape index (κ1) is 21.6. The molecule has 4 aromatic rings. The van der Waals surface area contributed by atoms with Gasteiger partial charge in [0.1, 0.15) is 12.1 Å². The summed E-state index contributed by atoms with van der Waals surface area (Å²) in [7, 11) is 0. The van der Waals surface area contributed by atoms with Gasteiger partial charge in [0.25, 0.3) is 5.69 Å². The lowest BCUT2D eigenvalue weighted by Gasteiger charge is -2.06. The standard InChI is InChI=1S/C20H22ClIN7O2/c1-12-10-29(31)14(13(2)15(12)22)11-28-18-16(17(21)24-19(23)25-18)27(20(28)30)9-5-8-26-6-3-4-7-26/h3-4,6-7,10,31H,5,8-9,11H2,1-2H3,(H2,23,24,25)/q+1. The Balaban J connectivity index is 1.80. The largest absolute Gasteiger partial charge is 0.368 e. The third-order valence-electron chi connectivity index (χ3n) is 5.30. The van der Waals surface area contributed by atoms with Gasteiger partial charge in [0.15, 0.2) is 10.8 Å². The Kier molecular flexibility index (Phi) is 5.93. The Hall–Kier alpha value is -2.60. The lowest BCUT2D eigenvalue weighted by molar-refractivity contribution is -0.910. The maximum Gasteiger partial charge on any atom is 0.330 e. The first-order valence-electron chi connectivity index (χ1n) is 9.70. The normalized spacial score (nSPS) is 11.5. The number of fused-ring (bicyclic) bond motifs is 1. The summed E-state index contributed by atoms with van der Waals surface area (Å²) in [4.78, 5) is 21.7. The third-order valence-corrected chi connectivity index (χ3v) is 7.22. The van der Waals surface area contributed by atoms with Gasteiger partial charge in [-0.25, -0.2) is 4.79 Å². The van der Waals surface area contributed by atoms with Gasteiger partial charge in [-0.3, -0.25) is 14.3 Å². The van der Waals surface area contributed by atoms with Crippen LogP contribution in [-0.4, -0.2) is 28.9 Å². The second-order valence-electron chi connectivity index (χ2n) is 7.38. The van der Waals surface area contributed by atoms with Crippen molar-refractivity contribution in [3.63, 3.8) is 0 Å². The van der Waals surface area contributed by atoms with Crippen LogP contribution in [0.25, 0.3) is 11.2 Å². The number of nitrogens with zero attached hydrogens (tertiary/aromatic N) is 6. The Bertz CT molecular complexity index is 1330. The van der Waals surface area contributed by atoms with E-state index in [0.29, 0.717) is 23.4 Å². The minimum atomic E-state index is -0.278. The number of imidazole rings is 1. The zero-order valence-corrected chi connectivity index (χ0v) is 20.0. The highest BCUT2D eigenvalue weighted by Gasteiger charge is 2.25. The van der Waals surface area contributed by atoms with Gasteiger partial charge in [0.05, 0.1) is 0 Å². The fourth-order valence-corrected chi connectivity index (χ4v) is 4.44. The van der Waals surface area contributed by atoms with Crippen LogP contribution in [0, 0.1) is 17.4 Å². The molecule has 4 rings (SSSR count). The van der Waals surface area contributed by atoms with Crippen LogP contribution in [0.1, 0.15) is 23.2 Å². The highest BCUT2D eigenvalue weighted by atomic mass is 127. The fourth-order valence-electron chi connectivity index (χ4n) is 3.72. The molecule has 0 aliphatic rings. The molecule has 0 amide bonds. The van der Waals surface area contributed by atoms with E-state index in [0.717, 1.165) is 32.4 Å². The quantitative estimate of drug-likeness (QED) is 0.165. The Morgan fingerprint density at radius 2 is 1.90 bits per heavy atom. The van der Waals surface area contributed by atoms with Crippen molar-refractivity contribution in [2.24, 2.45) is 0 Å². The summed E-state index contributed by atoms with van der Waals surface area (Å²) < 4.78 is 7.19. The van der Waals surface area contributed by atoms with Gasteiger partial charge in [-0.05, 0) is 55.0 Å². The molecule has 0 saturated carbocycles. The molecule has 0 saturated heterocycles. The summed E-state index contributed by atoms with van der Waals surface area (Å²) in [5.74, 6) is -0.0113. The van der Waals surface area contributed by atoms with Gasteiger partial charge in [-0.1, -0.05) is 11.6 Å². The molecule has 0 radical (unpaired) electrons. The summed E-state index contributed by atoms with van der Waals surface area (Å²) >= 11 is 8.61. The molecule has 0 spiro atoms. The molecule has 9 nitrogen and oxygen atoms in total. The molecule has 0 fully saturated rings. The Labute approximate surface area is 196 Å². The number of hydrogen-bond acceptors (Lipinski definition) is 5. The molecule has 162 valence electrons. The summed E-state index contributed by atoms with van der Waals surface area (Å²) in [5.41, 5.74) is 8.74. The van der Waals surface area contributed by atoms with Gasteiger partial charge in [0.2, 0.25) is 12.1 Å². The van der Waals surface area contributed by atoms with E-state index in [1.165, 1.54) is 4.57 Å². The van der Waals surface area contributed by atoms with Crippen molar-refractivity contribution in [3.8, 4) is 0 Å². The molecule has 0 aliphatic carbocycles. The number of pyridine rings is 1. The monoisotopic (exact) mass is 554 g/mol. The van der Waals surface area contributed by atoms with E-state index < -0.39 is 0 Å². The Morgan fingerprint density at radius 1 is 1.19 bits per heavy atom. The van der Waals surface area contributed by atoms with E-state index in [1.807, 2.05) is 42.9 Å². The average Bonchev–Trinajstić information content (AvgIpc) is 3.31. The molecule has 4 heterocycles. The summed E-state index contributed by atoms with van der Waals surface area (Å²) in [5, 5.41) is 10.6. The lowest BCUT2D eigenvalue weighted by atomic mass is 10.1. The number of anilines is 1. The minimum Gasteiger partial charge on any atom is -0.368 e. The van der Waals surface area contributed by atoms with Gasteiger partial charge in [-0.2, -0.15) is 9.97 Å². The van der Waals surface area contributed by atoms with Crippen LogP contribution < -0.4 is 16.2 Å². The van der Waals surface area contributed by atoms with Crippen LogP contribution in [0.2, 0.25) is 5.15 Å². The minimum absolute atomic E-state index is 0.0113. The number of halogens is 2. The predicted octanol–water partition coefficient (Wildman–Crippen LogP) is 2.51. The second-order valence-corrected chi connectivity index (χ2v) is 8.82. The van der Waals surface area contributed by atoms with Crippen LogP contribution in [-0.2, 0) is 19.6 Å². The molecule has 0 aromatic carbocycles. The van der Waals surface area contributed by atoms with Crippen molar-refractivity contribution < 1.29 is 9.94 Å². The number of rotatable bonds is 6. The van der Waals surface area contributed by atoms with E-state index in [9.17, 15) is 10.0 Å². The van der Waals surface area contributed by atoms with Crippen molar-refractivity contribution in [1.29, 1.82) is 0 Å². The topological polar surface area (TPSA) is 108 Å². The van der Waals surface area contributed by atoms with Crippen LogP contribution >= 0.6 is 34.2 Å². The van der Waals surface area contributed by atoms with Crippen LogP contribution in [0.15, 0.2) is 35.5 Å². The number of nitrogens with two attached hydrogens (primary N) is 1. The second kappa shape index (κ2) is 8.50. The van der Waals surface area contributed by atoms with Gasteiger partial charge < -0.3 is 10.3 Å². The van der Waals surface area contributed by atoms with Gasteiger partial charge >= 0.3 is 5.69 Å². The molecule has 0 atom stereocenters. The highest BCUT2D eigenvalue weighted by molar-refractivity contribution is 14.1. The van der Waals surface area contributed by atoms with Crippen LogP contribution in [0.5, 0.6) is 0 Å². The predicted molar refractivity (Wildman–Crippen MR) is 125 cm³/mol. The van der Waals surface area contributed by atoms with Gasteiger partial charge in [0, 0.05) is 44.9 Å². The maximum absolute atomic E-state index is 13.4. The van der Waals surface area contributed by atoms with Crippen LogP contribution in [0.3, 0.4) is 0 Å². The zero-order valence-electron chi connectivity index (χ0n) is 17.1. The van der Waals surface area contributed by atoms with Gasteiger partial charge in [-0.15, -0.1) is 0 Å². The number of hydrogen-bond donors (Lipinski definition) is 2. The summed E-state index contributed by atoms with van der Waals surface area (Å²) in [6.45, 7) is 5.14. The number of aromatic nitrogens is 6. The van der Waals surface area contributed by atoms with E-state index in [-0.39, 0.29) is 23.3 Å². The van der Waals surface area contributed by atoms with Crippen molar-refractivity contribution in [2.45, 2.75) is 39.9 Å². The zero-order chi connectivity index (χ0) is 22.3. The van der Waals surface area contributed by atoms with Crippen molar-refractivity contribution >= 4 is 51.3 Å². The Morgan fingerprint density at radius 3 is 2.61 bits per heavy atom. The molecule has 31 heavy (non-hydrogen) atoms. The van der Waals surface area contributed by atoms with E-state index in [2.05, 4.69) is 32.6 Å². The van der Waals surface area contributed by atoms with E-state index >= 15 is 0 Å². The molecule has 0 bridgehead atoms. The molecular formula is C20H22ClIN7O2+. The smallest absolute Gasteiger partial charge is 0.330 e. The molecular weight excluding hydrogens is 533 g/mol. The first-order chi connectivity index (χ1) is 14.8. The molecule has 4 aromatic heterocycles. The van der Waals surface area contributed by atoms with Crippen molar-refractivity contribution in [1.82, 2.24) is 23.7 Å². The fraction of sp³-hybridized carbons (Fsp3) is 0.300. The average molecular weight is 555 g/mol. The molecule has 0 aliphatic heterocycles. The molecule has 11 heteroatoms. The lowest BCUT2D eigenvalue weighted by Crippen LogP contribution is -2.39. The summed E-state index contributed by atoms with van der Waals surface area (Å²) in [6, 6.07) is 3.92. The molecule has 3 N–H and O–H groups in total. The SMILES string of the molecule is Cc1c[n+](O)c(Cn2c(=O)n(CCCn3cccc3)c3c(Cl)nc(N)nc32)c(C)c1I. The van der Waals surface area contributed by atoms with E-state index in [1.54, 1.807) is 10.8 Å². The first-order valence-corrected chi connectivity index (χ1v) is 11.2. The highest BCUT2D eigenvalue weighted by Crippen LogP contribution is 2.23. The number of aryl methyl sites for hydroxylation is 3. The van der Waals surface area contributed by atoms with Crippen molar-refractivity contribution in [3.05, 3.63) is 66.8 Å². The maximum atomic E-state index is 13.4.